The van der Waals surface area contributed by atoms with Crippen molar-refractivity contribution in [1.29, 1.82) is 0 Å². The Kier molecular flexibility index (Phi) is 7.33. The van der Waals surface area contributed by atoms with Crippen molar-refractivity contribution in [3.63, 3.8) is 0 Å². The van der Waals surface area contributed by atoms with Crippen molar-refractivity contribution in [2.75, 3.05) is 20.3 Å². The third-order valence-electron chi connectivity index (χ3n) is 5.31. The van der Waals surface area contributed by atoms with Gasteiger partial charge in [-0.05, 0) is 40.5 Å². The maximum absolute atomic E-state index is 13.7. The van der Waals surface area contributed by atoms with E-state index < -0.39 is 5.43 Å². The molecular formula is C26H30O7. The minimum atomic E-state index is -0.425. The van der Waals surface area contributed by atoms with E-state index in [-0.39, 0.29) is 52.4 Å². The largest absolute Gasteiger partial charge is 0.507 e. The number of ether oxygens (including phenoxy) is 2. The van der Waals surface area contributed by atoms with Crippen molar-refractivity contribution >= 4 is 21.9 Å². The molecule has 0 saturated heterocycles. The number of hydrogen-bond donors (Lipinski definition) is 3. The third-order valence-corrected chi connectivity index (χ3v) is 5.31. The number of allylic oxidation sites excluding steroid dienone is 4. The van der Waals surface area contributed by atoms with E-state index in [1.165, 1.54) is 19.2 Å². The van der Waals surface area contributed by atoms with Gasteiger partial charge in [-0.25, -0.2) is 0 Å². The summed E-state index contributed by atoms with van der Waals surface area (Å²) in [5.74, 6) is 0.134. The van der Waals surface area contributed by atoms with Crippen molar-refractivity contribution in [1.82, 2.24) is 0 Å². The highest BCUT2D eigenvalue weighted by Crippen LogP contribution is 2.41. The highest BCUT2D eigenvalue weighted by molar-refractivity contribution is 5.97. The van der Waals surface area contributed by atoms with Gasteiger partial charge in [-0.2, -0.15) is 0 Å². The molecule has 0 spiro atoms. The number of aromatic hydroxyl groups is 2. The van der Waals surface area contributed by atoms with Crippen molar-refractivity contribution in [3.05, 3.63) is 56.8 Å². The Morgan fingerprint density at radius 1 is 0.970 bits per heavy atom. The van der Waals surface area contributed by atoms with Crippen LogP contribution in [-0.2, 0) is 12.8 Å². The molecule has 0 unspecified atom stereocenters. The van der Waals surface area contributed by atoms with E-state index in [1.54, 1.807) is 0 Å². The minimum Gasteiger partial charge on any atom is -0.507 e. The van der Waals surface area contributed by atoms with Crippen LogP contribution in [0.2, 0.25) is 0 Å². The van der Waals surface area contributed by atoms with Gasteiger partial charge in [0.05, 0.1) is 19.1 Å². The summed E-state index contributed by atoms with van der Waals surface area (Å²) in [7, 11) is 1.43. The molecule has 1 aromatic heterocycles. The minimum absolute atomic E-state index is 0.0232. The zero-order chi connectivity index (χ0) is 24.3. The predicted molar refractivity (Wildman–Crippen MR) is 129 cm³/mol. The molecule has 7 nitrogen and oxygen atoms in total. The lowest BCUT2D eigenvalue weighted by molar-refractivity contribution is 0.200. The summed E-state index contributed by atoms with van der Waals surface area (Å²) in [6, 6.07) is 2.88. The Balaban J connectivity index is 2.43. The van der Waals surface area contributed by atoms with Crippen molar-refractivity contribution in [2.45, 2.75) is 40.5 Å². The van der Waals surface area contributed by atoms with E-state index in [9.17, 15) is 20.1 Å². The second-order valence-electron chi connectivity index (χ2n) is 8.33. The van der Waals surface area contributed by atoms with Crippen molar-refractivity contribution in [2.24, 2.45) is 0 Å². The monoisotopic (exact) mass is 454 g/mol. The van der Waals surface area contributed by atoms with Crippen LogP contribution in [-0.4, -0.2) is 35.6 Å². The average Bonchev–Trinajstić information content (AvgIpc) is 2.74. The number of hydrogen-bond acceptors (Lipinski definition) is 7. The van der Waals surface area contributed by atoms with Gasteiger partial charge in [-0.1, -0.05) is 23.3 Å². The summed E-state index contributed by atoms with van der Waals surface area (Å²) in [5.41, 5.74) is 2.86. The molecule has 1 heterocycles. The van der Waals surface area contributed by atoms with E-state index in [0.29, 0.717) is 29.7 Å². The van der Waals surface area contributed by atoms with E-state index >= 15 is 0 Å². The second kappa shape index (κ2) is 10.0. The summed E-state index contributed by atoms with van der Waals surface area (Å²) in [5, 5.41) is 31.1. The number of benzene rings is 2. The molecule has 0 aliphatic carbocycles. The molecule has 7 heteroatoms. The zero-order valence-electron chi connectivity index (χ0n) is 19.6. The fourth-order valence-corrected chi connectivity index (χ4v) is 3.73. The van der Waals surface area contributed by atoms with Crippen LogP contribution in [0.3, 0.4) is 0 Å². The molecule has 3 aromatic rings. The molecule has 0 radical (unpaired) electrons. The average molecular weight is 455 g/mol. The molecule has 2 aromatic carbocycles. The maximum Gasteiger partial charge on any atom is 0.204 e. The van der Waals surface area contributed by atoms with E-state index in [1.807, 2.05) is 39.8 Å². The van der Waals surface area contributed by atoms with Crippen LogP contribution in [0, 0.1) is 0 Å². The Hall–Kier alpha value is -3.45. The number of fused-ring (bicyclic) bond motifs is 2. The number of methoxy groups -OCH3 is 1. The standard InChI is InChI=1S/C26H30O7/c1-14(2)6-8-16-19(32-11-10-27)13-21-23(24(16)29)25(30)22-17(9-7-15(3)4)26(31-5)18(28)12-20(22)33-21/h6-7,12-13,27-29H,8-11H2,1-5H3. The van der Waals surface area contributed by atoms with E-state index in [4.69, 9.17) is 13.9 Å². The fourth-order valence-electron chi connectivity index (χ4n) is 3.73. The molecule has 176 valence electrons. The Labute approximate surface area is 192 Å². The summed E-state index contributed by atoms with van der Waals surface area (Å²) < 4.78 is 17.0. The quantitative estimate of drug-likeness (QED) is 0.333. The van der Waals surface area contributed by atoms with Crippen LogP contribution in [0.5, 0.6) is 23.0 Å². The van der Waals surface area contributed by atoms with Crippen LogP contribution < -0.4 is 14.9 Å². The molecule has 3 rings (SSSR count). The van der Waals surface area contributed by atoms with Gasteiger partial charge in [-0.15, -0.1) is 0 Å². The molecule has 33 heavy (non-hydrogen) atoms. The lowest BCUT2D eigenvalue weighted by Gasteiger charge is -2.16. The third kappa shape index (κ3) is 4.83. The smallest absolute Gasteiger partial charge is 0.204 e. The number of aliphatic hydroxyl groups excluding tert-OH is 1. The Bertz CT molecular complexity index is 1300. The van der Waals surface area contributed by atoms with E-state index in [2.05, 4.69) is 0 Å². The van der Waals surface area contributed by atoms with Gasteiger partial charge in [0.2, 0.25) is 5.43 Å². The van der Waals surface area contributed by atoms with Crippen LogP contribution in [0.1, 0.15) is 38.8 Å². The number of rotatable bonds is 8. The first-order valence-corrected chi connectivity index (χ1v) is 10.7. The molecule has 0 amide bonds. The lowest BCUT2D eigenvalue weighted by atomic mass is 9.98. The van der Waals surface area contributed by atoms with Gasteiger partial charge in [0.25, 0.3) is 0 Å². The highest BCUT2D eigenvalue weighted by Gasteiger charge is 2.23. The molecule has 0 aliphatic rings. The highest BCUT2D eigenvalue weighted by atomic mass is 16.5. The van der Waals surface area contributed by atoms with Gasteiger partial charge in [0, 0.05) is 23.3 Å². The molecule has 0 aliphatic heterocycles. The molecule has 3 N–H and O–H groups in total. The normalized spacial score (nSPS) is 11.0. The molecule has 0 bridgehead atoms. The first-order valence-electron chi connectivity index (χ1n) is 10.7. The topological polar surface area (TPSA) is 109 Å². The summed E-state index contributed by atoms with van der Waals surface area (Å²) in [4.78, 5) is 13.7. The van der Waals surface area contributed by atoms with Gasteiger partial charge >= 0.3 is 0 Å². The second-order valence-corrected chi connectivity index (χ2v) is 8.33. The maximum atomic E-state index is 13.7. The Morgan fingerprint density at radius 2 is 1.58 bits per heavy atom. The van der Waals surface area contributed by atoms with Crippen LogP contribution in [0.4, 0.5) is 0 Å². The molecule has 0 atom stereocenters. The first kappa shape index (κ1) is 24.2. The zero-order valence-corrected chi connectivity index (χ0v) is 19.6. The summed E-state index contributed by atoms with van der Waals surface area (Å²) >= 11 is 0. The lowest BCUT2D eigenvalue weighted by Crippen LogP contribution is -2.09. The molecule has 0 saturated carbocycles. The SMILES string of the molecule is COc1c(O)cc2oc3cc(OCCO)c(CC=C(C)C)c(O)c3c(=O)c2c1CC=C(C)C. The predicted octanol–water partition coefficient (Wildman–Crippen LogP) is 4.75. The summed E-state index contributed by atoms with van der Waals surface area (Å²) in [6.45, 7) is 7.56. The van der Waals surface area contributed by atoms with Crippen molar-refractivity contribution < 1.29 is 29.2 Å². The van der Waals surface area contributed by atoms with Crippen LogP contribution >= 0.6 is 0 Å². The van der Waals surface area contributed by atoms with Crippen LogP contribution in [0.25, 0.3) is 21.9 Å². The van der Waals surface area contributed by atoms with Crippen LogP contribution in [0.15, 0.2) is 44.6 Å². The number of phenols is 2. The van der Waals surface area contributed by atoms with Gasteiger partial charge in [0.1, 0.15) is 34.7 Å². The first-order chi connectivity index (χ1) is 15.7. The van der Waals surface area contributed by atoms with Gasteiger partial charge < -0.3 is 29.2 Å². The number of phenolic OH excluding ortho intramolecular Hbond substituents is 2. The molecule has 0 fully saturated rings. The van der Waals surface area contributed by atoms with E-state index in [0.717, 1.165) is 11.1 Å². The molecular weight excluding hydrogens is 424 g/mol. The summed E-state index contributed by atoms with van der Waals surface area (Å²) in [6.07, 6.45) is 4.52. The fraction of sp³-hybridized carbons (Fsp3) is 0.346. The van der Waals surface area contributed by atoms with Crippen molar-refractivity contribution in [3.8, 4) is 23.0 Å². The van der Waals surface area contributed by atoms with Gasteiger partial charge in [0.15, 0.2) is 11.5 Å². The Morgan fingerprint density at radius 3 is 2.15 bits per heavy atom. The number of aliphatic hydroxyl groups is 1. The van der Waals surface area contributed by atoms with Gasteiger partial charge in [-0.3, -0.25) is 4.79 Å².